The molecule has 0 aliphatic heterocycles. The van der Waals surface area contributed by atoms with Gasteiger partial charge in [0.25, 0.3) is 0 Å². The zero-order valence-corrected chi connectivity index (χ0v) is 45.0. The molecule has 0 saturated carbocycles. The fourth-order valence-electron chi connectivity index (χ4n) is 13.9. The quantitative estimate of drug-likeness (QED) is 0.126. The topological polar surface area (TPSA) is 6.48 Å². The van der Waals surface area contributed by atoms with Gasteiger partial charge in [0.1, 0.15) is 0 Å². The number of hydrogen-bond acceptors (Lipinski definition) is 2. The van der Waals surface area contributed by atoms with Crippen LogP contribution in [0.5, 0.6) is 0 Å². The molecule has 0 bridgehead atoms. The van der Waals surface area contributed by atoms with Crippen molar-refractivity contribution in [3.05, 3.63) is 289 Å². The number of nitrogens with zero attached hydrogens (tertiary/aromatic N) is 2. The Morgan fingerprint density at radius 3 is 0.838 bits per heavy atom. The standard InChI is InChI=1S/C78H60N2/c1-3-32-59(33-4-1)79(73-48-22-26-53-24-7-9-38-63(53)73)61-36-20-30-57(51-61)77-69-44-15-11-40-65(69)75(66-41-12-16-45-70(66)77)55-28-19-29-56(50-55)76-67-42-13-17-46-71(67)78(72-47-18-14-43-68(72)76)58-31-21-37-62(52-58)80(60-34-5-2-6-35-60)74-49-23-27-54-25-8-10-39-64(54)74/h1-6,11-23,26-37,40-52H,7-10,24-25,38-39H2. The number of hydrogen-bond donors (Lipinski definition) is 0. The Kier molecular flexibility index (Phi) is 12.1. The maximum atomic E-state index is 2.49. The van der Waals surface area contributed by atoms with E-state index in [0.29, 0.717) is 0 Å². The van der Waals surface area contributed by atoms with Crippen molar-refractivity contribution in [2.45, 2.75) is 51.4 Å². The number of aryl methyl sites for hydroxylation is 2. The molecule has 80 heavy (non-hydrogen) atoms. The van der Waals surface area contributed by atoms with Gasteiger partial charge >= 0.3 is 0 Å². The molecule has 0 atom stereocenters. The lowest BCUT2D eigenvalue weighted by molar-refractivity contribution is 0.686. The van der Waals surface area contributed by atoms with Gasteiger partial charge in [-0.2, -0.15) is 0 Å². The zero-order chi connectivity index (χ0) is 52.9. The van der Waals surface area contributed by atoms with E-state index >= 15 is 0 Å². The highest BCUT2D eigenvalue weighted by atomic mass is 15.2. The molecule has 0 amide bonds. The van der Waals surface area contributed by atoms with Crippen LogP contribution in [0.1, 0.15) is 47.9 Å². The summed E-state index contributed by atoms with van der Waals surface area (Å²) in [4.78, 5) is 4.98. The van der Waals surface area contributed by atoms with Crippen molar-refractivity contribution < 1.29 is 0 Å². The summed E-state index contributed by atoms with van der Waals surface area (Å²) in [6.07, 6.45) is 9.42. The minimum atomic E-state index is 1.10. The molecule has 382 valence electrons. The van der Waals surface area contributed by atoms with E-state index in [1.54, 1.807) is 0 Å². The van der Waals surface area contributed by atoms with Crippen molar-refractivity contribution >= 4 is 77.2 Å². The van der Waals surface area contributed by atoms with Gasteiger partial charge in [-0.3, -0.25) is 0 Å². The van der Waals surface area contributed by atoms with Crippen molar-refractivity contribution in [3.8, 4) is 44.5 Å². The molecular weight excluding hydrogens is 965 g/mol. The highest BCUT2D eigenvalue weighted by Crippen LogP contribution is 2.50. The average Bonchev–Trinajstić information content (AvgIpc) is 3.54. The number of rotatable bonds is 10. The predicted molar refractivity (Wildman–Crippen MR) is 341 cm³/mol. The third kappa shape index (κ3) is 8.25. The highest BCUT2D eigenvalue weighted by molar-refractivity contribution is 6.24. The van der Waals surface area contributed by atoms with Crippen molar-refractivity contribution in [3.63, 3.8) is 0 Å². The minimum absolute atomic E-state index is 1.10. The molecule has 2 heteroatoms. The summed E-state index contributed by atoms with van der Waals surface area (Å²) in [6.45, 7) is 0. The van der Waals surface area contributed by atoms with E-state index in [1.807, 2.05) is 0 Å². The van der Waals surface area contributed by atoms with E-state index in [9.17, 15) is 0 Å². The van der Waals surface area contributed by atoms with Gasteiger partial charge in [-0.15, -0.1) is 0 Å². The van der Waals surface area contributed by atoms with Gasteiger partial charge in [0.15, 0.2) is 0 Å². The highest BCUT2D eigenvalue weighted by Gasteiger charge is 2.25. The average molecular weight is 1030 g/mol. The summed E-state index contributed by atoms with van der Waals surface area (Å²) in [6, 6.07) is 100.0. The van der Waals surface area contributed by atoms with Gasteiger partial charge in [-0.25, -0.2) is 0 Å². The van der Waals surface area contributed by atoms with Crippen LogP contribution in [0.3, 0.4) is 0 Å². The fraction of sp³-hybridized carbons (Fsp3) is 0.103. The second kappa shape index (κ2) is 20.4. The second-order valence-corrected chi connectivity index (χ2v) is 21.9. The molecule has 15 rings (SSSR count). The summed E-state index contributed by atoms with van der Waals surface area (Å²) < 4.78 is 0. The zero-order valence-electron chi connectivity index (χ0n) is 45.0. The molecule has 0 saturated heterocycles. The number of benzene rings is 13. The normalized spacial score (nSPS) is 13.1. The molecule has 0 unspecified atom stereocenters. The Morgan fingerprint density at radius 1 is 0.212 bits per heavy atom. The molecule has 0 N–H and O–H groups in total. The van der Waals surface area contributed by atoms with Crippen LogP contribution in [0, 0.1) is 0 Å². The van der Waals surface area contributed by atoms with Crippen LogP contribution in [-0.2, 0) is 25.7 Å². The molecule has 13 aromatic rings. The molecule has 2 aliphatic carbocycles. The van der Waals surface area contributed by atoms with Gasteiger partial charge in [0.2, 0.25) is 0 Å². The van der Waals surface area contributed by atoms with Crippen LogP contribution in [0.2, 0.25) is 0 Å². The third-order valence-corrected chi connectivity index (χ3v) is 17.3. The maximum Gasteiger partial charge on any atom is 0.0496 e. The lowest BCUT2D eigenvalue weighted by Crippen LogP contribution is -2.15. The first kappa shape index (κ1) is 47.7. The van der Waals surface area contributed by atoms with Crippen LogP contribution < -0.4 is 9.80 Å². The van der Waals surface area contributed by atoms with E-state index in [1.165, 1.54) is 158 Å². The van der Waals surface area contributed by atoms with E-state index in [-0.39, 0.29) is 0 Å². The number of fused-ring (bicyclic) bond motifs is 6. The Labute approximate surface area is 469 Å². The molecule has 0 spiro atoms. The van der Waals surface area contributed by atoms with E-state index in [4.69, 9.17) is 0 Å². The number of para-hydroxylation sites is 2. The van der Waals surface area contributed by atoms with E-state index in [2.05, 4.69) is 277 Å². The molecule has 2 aliphatic rings. The lowest BCUT2D eigenvalue weighted by Gasteiger charge is -2.30. The molecule has 0 aromatic heterocycles. The van der Waals surface area contributed by atoms with Crippen molar-refractivity contribution in [2.24, 2.45) is 0 Å². The Hall–Kier alpha value is -9.50. The van der Waals surface area contributed by atoms with Gasteiger partial charge < -0.3 is 9.80 Å². The van der Waals surface area contributed by atoms with Gasteiger partial charge in [-0.1, -0.05) is 200 Å². The Morgan fingerprint density at radius 2 is 0.487 bits per heavy atom. The first-order chi connectivity index (χ1) is 39.7. The van der Waals surface area contributed by atoms with Gasteiger partial charge in [0.05, 0.1) is 0 Å². The molecular formula is C78H60N2. The summed E-state index contributed by atoms with van der Waals surface area (Å²) in [5, 5.41) is 9.94. The second-order valence-electron chi connectivity index (χ2n) is 21.9. The van der Waals surface area contributed by atoms with E-state index < -0.39 is 0 Å². The van der Waals surface area contributed by atoms with Crippen molar-refractivity contribution in [1.82, 2.24) is 0 Å². The fourth-order valence-corrected chi connectivity index (χ4v) is 13.9. The SMILES string of the molecule is c1ccc(N(c2cccc(-c3c4ccccc4c(-c4cccc(-c5c6ccccc6c(-c6cccc(N(c7ccccc7)c7cccc8c7CCCC8)c6)c6ccccc56)c4)c4ccccc34)c2)c2cccc3c2CCCC3)cc1. The summed E-state index contributed by atoms with van der Waals surface area (Å²) in [5.41, 5.74) is 23.0. The van der Waals surface area contributed by atoms with Crippen molar-refractivity contribution in [2.75, 3.05) is 9.80 Å². The van der Waals surface area contributed by atoms with Crippen LogP contribution >= 0.6 is 0 Å². The van der Waals surface area contributed by atoms with E-state index in [0.717, 1.165) is 37.1 Å². The predicted octanol–water partition coefficient (Wildman–Crippen LogP) is 21.7. The molecule has 2 nitrogen and oxygen atoms in total. The molecule has 13 aromatic carbocycles. The minimum Gasteiger partial charge on any atom is -0.310 e. The smallest absolute Gasteiger partial charge is 0.0496 e. The first-order valence-electron chi connectivity index (χ1n) is 28.8. The molecule has 0 heterocycles. The first-order valence-corrected chi connectivity index (χ1v) is 28.8. The Bertz CT molecular complexity index is 4100. The summed E-state index contributed by atoms with van der Waals surface area (Å²) in [5.74, 6) is 0. The van der Waals surface area contributed by atoms with Crippen LogP contribution in [0.4, 0.5) is 34.1 Å². The maximum absolute atomic E-state index is 2.49. The lowest BCUT2D eigenvalue weighted by atomic mass is 9.83. The number of anilines is 6. The molecule has 0 fully saturated rings. The largest absolute Gasteiger partial charge is 0.310 e. The Balaban J connectivity index is 0.879. The van der Waals surface area contributed by atoms with Crippen LogP contribution in [0.25, 0.3) is 87.6 Å². The third-order valence-electron chi connectivity index (χ3n) is 17.3. The summed E-state index contributed by atoms with van der Waals surface area (Å²) in [7, 11) is 0. The monoisotopic (exact) mass is 1020 g/mol. The van der Waals surface area contributed by atoms with Crippen LogP contribution in [-0.4, -0.2) is 0 Å². The summed E-state index contributed by atoms with van der Waals surface area (Å²) >= 11 is 0. The van der Waals surface area contributed by atoms with Gasteiger partial charge in [-0.05, 0) is 228 Å². The van der Waals surface area contributed by atoms with Gasteiger partial charge in [0, 0.05) is 34.1 Å². The molecule has 0 radical (unpaired) electrons. The van der Waals surface area contributed by atoms with Crippen LogP contribution in [0.15, 0.2) is 267 Å². The van der Waals surface area contributed by atoms with Crippen molar-refractivity contribution in [1.29, 1.82) is 0 Å².